The molecule has 0 spiro atoms. The topological polar surface area (TPSA) is 104 Å². The lowest BCUT2D eigenvalue weighted by atomic mass is 10.1. The predicted octanol–water partition coefficient (Wildman–Crippen LogP) is 4.39. The SMILES string of the molecule is COCC(=O)Nc1cccc(NC(=O)c2cn(-c3ccccc3)nc2-c2ccc(OC)c(OC)c2)c1. The second-order valence-corrected chi connectivity index (χ2v) is 7.76. The van der Waals surface area contributed by atoms with E-state index < -0.39 is 0 Å². The molecule has 0 unspecified atom stereocenters. The van der Waals surface area contributed by atoms with Gasteiger partial charge in [0.2, 0.25) is 5.91 Å². The molecule has 0 aliphatic rings. The lowest BCUT2D eigenvalue weighted by Gasteiger charge is -2.10. The second kappa shape index (κ2) is 11.2. The molecule has 9 nitrogen and oxygen atoms in total. The number of ether oxygens (including phenoxy) is 3. The summed E-state index contributed by atoms with van der Waals surface area (Å²) in [5.74, 6) is 0.445. The first kappa shape index (κ1) is 24.5. The van der Waals surface area contributed by atoms with E-state index in [1.54, 1.807) is 61.5 Å². The van der Waals surface area contributed by atoms with Crippen molar-refractivity contribution in [2.45, 2.75) is 0 Å². The molecule has 4 rings (SSSR count). The lowest BCUT2D eigenvalue weighted by Crippen LogP contribution is -2.17. The summed E-state index contributed by atoms with van der Waals surface area (Å²) >= 11 is 0. The fourth-order valence-electron chi connectivity index (χ4n) is 3.65. The molecule has 2 amide bonds. The third-order valence-corrected chi connectivity index (χ3v) is 5.32. The van der Waals surface area contributed by atoms with Gasteiger partial charge in [-0.25, -0.2) is 4.68 Å². The summed E-state index contributed by atoms with van der Waals surface area (Å²) in [6.07, 6.45) is 1.68. The quantitative estimate of drug-likeness (QED) is 0.364. The van der Waals surface area contributed by atoms with Gasteiger partial charge in [-0.15, -0.1) is 0 Å². The van der Waals surface area contributed by atoms with Gasteiger partial charge in [0.1, 0.15) is 12.3 Å². The zero-order valence-electron chi connectivity index (χ0n) is 20.1. The van der Waals surface area contributed by atoms with Crippen LogP contribution in [-0.4, -0.2) is 49.5 Å². The molecular weight excluding hydrogens is 460 g/mol. The van der Waals surface area contributed by atoms with Crippen molar-refractivity contribution in [1.29, 1.82) is 0 Å². The summed E-state index contributed by atoms with van der Waals surface area (Å²) in [4.78, 5) is 25.3. The Kier molecular flexibility index (Phi) is 7.62. The number of aromatic nitrogens is 2. The maximum atomic E-state index is 13.4. The Morgan fingerprint density at radius 2 is 1.56 bits per heavy atom. The van der Waals surface area contributed by atoms with E-state index in [-0.39, 0.29) is 18.4 Å². The number of hydrogen-bond acceptors (Lipinski definition) is 6. The normalized spacial score (nSPS) is 10.5. The van der Waals surface area contributed by atoms with Crippen molar-refractivity contribution in [3.8, 4) is 28.4 Å². The highest BCUT2D eigenvalue weighted by molar-refractivity contribution is 6.08. The number of carbonyl (C=O) groups excluding carboxylic acids is 2. The van der Waals surface area contributed by atoms with Gasteiger partial charge in [-0.3, -0.25) is 9.59 Å². The van der Waals surface area contributed by atoms with Gasteiger partial charge >= 0.3 is 0 Å². The van der Waals surface area contributed by atoms with Crippen molar-refractivity contribution in [2.75, 3.05) is 38.6 Å². The van der Waals surface area contributed by atoms with Crippen LogP contribution in [0.5, 0.6) is 11.5 Å². The van der Waals surface area contributed by atoms with Crippen molar-refractivity contribution in [1.82, 2.24) is 9.78 Å². The van der Waals surface area contributed by atoms with E-state index in [0.29, 0.717) is 39.7 Å². The summed E-state index contributed by atoms with van der Waals surface area (Å²) in [7, 11) is 4.56. The molecule has 1 heterocycles. The fourth-order valence-corrected chi connectivity index (χ4v) is 3.65. The zero-order chi connectivity index (χ0) is 25.5. The van der Waals surface area contributed by atoms with E-state index in [1.165, 1.54) is 7.11 Å². The van der Waals surface area contributed by atoms with Crippen molar-refractivity contribution in [2.24, 2.45) is 0 Å². The lowest BCUT2D eigenvalue weighted by molar-refractivity contribution is -0.119. The number of amides is 2. The van der Waals surface area contributed by atoms with E-state index in [0.717, 1.165) is 5.69 Å². The van der Waals surface area contributed by atoms with Crippen LogP contribution in [-0.2, 0) is 9.53 Å². The third-order valence-electron chi connectivity index (χ3n) is 5.32. The minimum Gasteiger partial charge on any atom is -0.493 e. The summed E-state index contributed by atoms with van der Waals surface area (Å²) in [6, 6.07) is 21.8. The number of para-hydroxylation sites is 1. The molecule has 0 saturated carbocycles. The average Bonchev–Trinajstić information content (AvgIpc) is 3.35. The molecule has 0 aliphatic carbocycles. The summed E-state index contributed by atoms with van der Waals surface area (Å²) in [5.41, 5.74) is 3.38. The molecule has 2 N–H and O–H groups in total. The minimum atomic E-state index is -0.359. The number of methoxy groups -OCH3 is 3. The Morgan fingerprint density at radius 1 is 0.833 bits per heavy atom. The maximum absolute atomic E-state index is 13.4. The van der Waals surface area contributed by atoms with Crippen molar-refractivity contribution in [3.63, 3.8) is 0 Å². The zero-order valence-corrected chi connectivity index (χ0v) is 20.1. The third kappa shape index (κ3) is 5.53. The molecular formula is C27H26N4O5. The molecule has 0 radical (unpaired) electrons. The molecule has 4 aromatic rings. The smallest absolute Gasteiger partial charge is 0.259 e. The number of benzene rings is 3. The number of carbonyl (C=O) groups is 2. The molecule has 0 aliphatic heterocycles. The molecule has 36 heavy (non-hydrogen) atoms. The maximum Gasteiger partial charge on any atom is 0.259 e. The molecule has 0 bridgehead atoms. The highest BCUT2D eigenvalue weighted by atomic mass is 16.5. The van der Waals surface area contributed by atoms with Crippen LogP contribution in [0.4, 0.5) is 11.4 Å². The average molecular weight is 487 g/mol. The van der Waals surface area contributed by atoms with Crippen LogP contribution >= 0.6 is 0 Å². The van der Waals surface area contributed by atoms with Crippen LogP contribution in [0.25, 0.3) is 16.9 Å². The Bertz CT molecular complexity index is 1370. The van der Waals surface area contributed by atoms with Crippen LogP contribution in [0.15, 0.2) is 79.0 Å². The van der Waals surface area contributed by atoms with Gasteiger partial charge in [-0.05, 0) is 48.5 Å². The fraction of sp³-hybridized carbons (Fsp3) is 0.148. The summed E-state index contributed by atoms with van der Waals surface area (Å²) in [6.45, 7) is -0.0655. The van der Waals surface area contributed by atoms with Gasteiger partial charge in [-0.1, -0.05) is 24.3 Å². The first-order valence-corrected chi connectivity index (χ1v) is 11.1. The van der Waals surface area contributed by atoms with Crippen LogP contribution in [0.2, 0.25) is 0 Å². The van der Waals surface area contributed by atoms with E-state index in [1.807, 2.05) is 36.4 Å². The highest BCUT2D eigenvalue weighted by Crippen LogP contribution is 2.33. The standard InChI is InChI=1S/C27H26N4O5/c1-34-17-25(32)28-19-8-7-9-20(15-19)29-27(33)22-16-31(21-10-5-4-6-11-21)30-26(22)18-12-13-23(35-2)24(14-18)36-3/h4-16H,17H2,1-3H3,(H,28,32)(H,29,33). The number of rotatable bonds is 9. The predicted molar refractivity (Wildman–Crippen MR) is 137 cm³/mol. The van der Waals surface area contributed by atoms with Gasteiger partial charge in [0.05, 0.1) is 25.5 Å². The van der Waals surface area contributed by atoms with Crippen molar-refractivity contribution in [3.05, 3.63) is 84.6 Å². The second-order valence-electron chi connectivity index (χ2n) is 7.76. The van der Waals surface area contributed by atoms with Crippen LogP contribution in [0, 0.1) is 0 Å². The van der Waals surface area contributed by atoms with E-state index in [4.69, 9.17) is 19.3 Å². The monoisotopic (exact) mass is 486 g/mol. The van der Waals surface area contributed by atoms with E-state index in [2.05, 4.69) is 10.6 Å². The van der Waals surface area contributed by atoms with Gasteiger partial charge in [-0.2, -0.15) is 5.10 Å². The summed E-state index contributed by atoms with van der Waals surface area (Å²) in [5, 5.41) is 10.3. The molecule has 0 atom stereocenters. The van der Waals surface area contributed by atoms with Gasteiger partial charge in [0.25, 0.3) is 5.91 Å². The largest absolute Gasteiger partial charge is 0.493 e. The Balaban J connectivity index is 1.69. The highest BCUT2D eigenvalue weighted by Gasteiger charge is 2.20. The summed E-state index contributed by atoms with van der Waals surface area (Å²) < 4.78 is 17.3. The van der Waals surface area contributed by atoms with Crippen LogP contribution < -0.4 is 20.1 Å². The number of nitrogens with zero attached hydrogens (tertiary/aromatic N) is 2. The van der Waals surface area contributed by atoms with Gasteiger partial charge in [0.15, 0.2) is 11.5 Å². The molecule has 1 aromatic heterocycles. The molecule has 3 aromatic carbocycles. The Morgan fingerprint density at radius 3 is 2.25 bits per heavy atom. The van der Waals surface area contributed by atoms with Crippen LogP contribution in [0.3, 0.4) is 0 Å². The van der Waals surface area contributed by atoms with Crippen LogP contribution in [0.1, 0.15) is 10.4 Å². The molecule has 0 fully saturated rings. The molecule has 9 heteroatoms. The number of hydrogen-bond donors (Lipinski definition) is 2. The first-order valence-electron chi connectivity index (χ1n) is 11.1. The Hall–Kier alpha value is -4.63. The van der Waals surface area contributed by atoms with Gasteiger partial charge < -0.3 is 24.8 Å². The molecule has 184 valence electrons. The number of nitrogens with one attached hydrogen (secondary N) is 2. The van der Waals surface area contributed by atoms with Gasteiger partial charge in [0, 0.05) is 30.2 Å². The van der Waals surface area contributed by atoms with E-state index >= 15 is 0 Å². The molecule has 0 saturated heterocycles. The number of anilines is 2. The van der Waals surface area contributed by atoms with E-state index in [9.17, 15) is 9.59 Å². The van der Waals surface area contributed by atoms with Crippen molar-refractivity contribution >= 4 is 23.2 Å². The first-order chi connectivity index (χ1) is 17.5. The Labute approximate surface area is 208 Å². The van der Waals surface area contributed by atoms with Crippen molar-refractivity contribution < 1.29 is 23.8 Å². The minimum absolute atomic E-state index is 0.0655.